The lowest BCUT2D eigenvalue weighted by molar-refractivity contribution is 0.487. The summed E-state index contributed by atoms with van der Waals surface area (Å²) in [6.07, 6.45) is 12.0. The van der Waals surface area contributed by atoms with Gasteiger partial charge in [-0.15, -0.1) is 0 Å². The minimum absolute atomic E-state index is 0.390. The van der Waals surface area contributed by atoms with E-state index >= 15 is 0 Å². The molecule has 0 saturated heterocycles. The van der Waals surface area contributed by atoms with Crippen molar-refractivity contribution in [3.63, 3.8) is 0 Å². The second-order valence-electron chi connectivity index (χ2n) is 13.2. The van der Waals surface area contributed by atoms with Gasteiger partial charge in [0, 0.05) is 34.2 Å². The molecule has 2 heteroatoms. The molecule has 0 saturated carbocycles. The summed E-state index contributed by atoms with van der Waals surface area (Å²) in [5.41, 5.74) is 10.7. The number of fused-ring (bicyclic) bond motifs is 8. The van der Waals surface area contributed by atoms with Crippen molar-refractivity contribution in [2.45, 2.75) is 6.42 Å². The molecule has 2 heterocycles. The van der Waals surface area contributed by atoms with Crippen LogP contribution < -0.4 is 4.74 Å². The Hall–Kier alpha value is -6.12. The number of rotatable bonds is 2. The Bertz CT molecular complexity index is 2720. The molecule has 2 aliphatic carbocycles. The topological polar surface area (TPSA) is 22.4 Å². The summed E-state index contributed by atoms with van der Waals surface area (Å²) in [6, 6.07) is 44.0. The SMILES string of the molecule is C1=CC2=Cc3c(oc4ccc(-c5c6ccccc6c(-c6ccc7c(c6)-c6cccc8cccc(c68)O7)c6ccccc56)cc34)CC2C=C1. The molecule has 8 aromatic rings. The molecule has 0 radical (unpaired) electrons. The Balaban J connectivity index is 1.15. The quantitative estimate of drug-likeness (QED) is 0.181. The Labute approximate surface area is 277 Å². The van der Waals surface area contributed by atoms with Gasteiger partial charge < -0.3 is 9.15 Å². The van der Waals surface area contributed by atoms with Crippen molar-refractivity contribution in [2.24, 2.45) is 5.92 Å². The summed E-state index contributed by atoms with van der Waals surface area (Å²) >= 11 is 0. The molecule has 0 bridgehead atoms. The van der Waals surface area contributed by atoms with E-state index in [4.69, 9.17) is 9.15 Å². The molecule has 224 valence electrons. The number of hydrogen-bond donors (Lipinski definition) is 0. The van der Waals surface area contributed by atoms with Crippen molar-refractivity contribution in [1.82, 2.24) is 0 Å². The molecule has 3 aliphatic rings. The van der Waals surface area contributed by atoms with Crippen LogP contribution in [0.2, 0.25) is 0 Å². The molecular weight excluding hydrogens is 585 g/mol. The number of hydrogen-bond acceptors (Lipinski definition) is 2. The van der Waals surface area contributed by atoms with Gasteiger partial charge in [-0.2, -0.15) is 0 Å². The minimum atomic E-state index is 0.390. The van der Waals surface area contributed by atoms with Crippen molar-refractivity contribution in [2.75, 3.05) is 0 Å². The summed E-state index contributed by atoms with van der Waals surface area (Å²) < 4.78 is 12.9. The highest BCUT2D eigenvalue weighted by molar-refractivity contribution is 6.22. The average Bonchev–Trinajstić information content (AvgIpc) is 3.49. The Morgan fingerprint density at radius 1 is 0.562 bits per heavy atom. The fourth-order valence-corrected chi connectivity index (χ4v) is 8.41. The minimum Gasteiger partial charge on any atom is -0.460 e. The van der Waals surface area contributed by atoms with Gasteiger partial charge in [-0.1, -0.05) is 115 Å². The first kappa shape index (κ1) is 26.0. The van der Waals surface area contributed by atoms with Crippen molar-refractivity contribution < 1.29 is 9.15 Å². The van der Waals surface area contributed by atoms with Crippen molar-refractivity contribution in [1.29, 1.82) is 0 Å². The fraction of sp³-hybridized carbons (Fsp3) is 0.0435. The van der Waals surface area contributed by atoms with Gasteiger partial charge in [-0.05, 0) is 96.7 Å². The molecular formula is C46H28O2. The highest BCUT2D eigenvalue weighted by atomic mass is 16.5. The third-order valence-corrected chi connectivity index (χ3v) is 10.6. The monoisotopic (exact) mass is 612 g/mol. The zero-order valence-electron chi connectivity index (χ0n) is 26.0. The second kappa shape index (κ2) is 9.70. The van der Waals surface area contributed by atoms with Gasteiger partial charge in [0.05, 0.1) is 0 Å². The van der Waals surface area contributed by atoms with Gasteiger partial charge in [0.15, 0.2) is 0 Å². The van der Waals surface area contributed by atoms with Gasteiger partial charge in [0.25, 0.3) is 0 Å². The summed E-state index contributed by atoms with van der Waals surface area (Å²) in [7, 11) is 0. The maximum Gasteiger partial charge on any atom is 0.135 e. The molecule has 1 aliphatic heterocycles. The summed E-state index contributed by atoms with van der Waals surface area (Å²) in [5.74, 6) is 3.28. The van der Waals surface area contributed by atoms with Gasteiger partial charge in [-0.3, -0.25) is 0 Å². The van der Waals surface area contributed by atoms with Gasteiger partial charge in [-0.25, -0.2) is 0 Å². The van der Waals surface area contributed by atoms with E-state index < -0.39 is 0 Å². The molecule has 11 rings (SSSR count). The maximum absolute atomic E-state index is 6.47. The highest BCUT2D eigenvalue weighted by Crippen LogP contribution is 2.50. The Kier molecular flexibility index (Phi) is 5.25. The second-order valence-corrected chi connectivity index (χ2v) is 13.2. The van der Waals surface area contributed by atoms with Crippen LogP contribution in [-0.4, -0.2) is 0 Å². The first-order valence-electron chi connectivity index (χ1n) is 16.7. The van der Waals surface area contributed by atoms with Crippen LogP contribution in [-0.2, 0) is 6.42 Å². The third-order valence-electron chi connectivity index (χ3n) is 10.6. The smallest absolute Gasteiger partial charge is 0.135 e. The number of benzene rings is 7. The van der Waals surface area contributed by atoms with Crippen LogP contribution in [0.1, 0.15) is 11.3 Å². The lowest BCUT2D eigenvalue weighted by Gasteiger charge is -2.23. The number of furan rings is 1. The molecule has 0 amide bonds. The number of ether oxygens (including phenoxy) is 1. The summed E-state index contributed by atoms with van der Waals surface area (Å²) in [4.78, 5) is 0. The Morgan fingerprint density at radius 2 is 1.27 bits per heavy atom. The van der Waals surface area contributed by atoms with Crippen LogP contribution in [0.5, 0.6) is 11.5 Å². The van der Waals surface area contributed by atoms with Gasteiger partial charge >= 0.3 is 0 Å². The number of allylic oxidation sites excluding steroid dienone is 5. The normalized spacial score (nSPS) is 15.8. The van der Waals surface area contributed by atoms with Crippen LogP contribution >= 0.6 is 0 Å². The molecule has 1 unspecified atom stereocenters. The van der Waals surface area contributed by atoms with E-state index in [1.54, 1.807) is 0 Å². The first-order chi connectivity index (χ1) is 23.8. The lowest BCUT2D eigenvalue weighted by Crippen LogP contribution is -2.09. The van der Waals surface area contributed by atoms with E-state index in [1.807, 2.05) is 0 Å². The average molecular weight is 613 g/mol. The zero-order valence-corrected chi connectivity index (χ0v) is 26.0. The van der Waals surface area contributed by atoms with E-state index in [1.165, 1.54) is 76.7 Å². The Morgan fingerprint density at radius 3 is 2.04 bits per heavy atom. The van der Waals surface area contributed by atoms with Gasteiger partial charge in [0.1, 0.15) is 22.8 Å². The van der Waals surface area contributed by atoms with Crippen LogP contribution in [0.3, 0.4) is 0 Å². The predicted molar refractivity (Wildman–Crippen MR) is 199 cm³/mol. The predicted octanol–water partition coefficient (Wildman–Crippen LogP) is 12.7. The van der Waals surface area contributed by atoms with Crippen LogP contribution in [0.4, 0.5) is 0 Å². The standard InChI is InChI=1S/C46H28O2/c1-2-10-29-26-43-39(23-28(29)9-1)38-25-31(20-22-41(38)48-43)45-34-15-5-3-13-32(34)44(33-14-4-6-16-35(33)45)30-19-21-40-37(24-30)36-17-7-11-27-12-8-18-42(47-40)46(27)36/h1-25,29H,26H2. The zero-order chi connectivity index (χ0) is 31.3. The van der Waals surface area contributed by atoms with E-state index in [2.05, 4.69) is 152 Å². The van der Waals surface area contributed by atoms with E-state index in [0.717, 1.165) is 34.8 Å². The molecule has 1 atom stereocenters. The lowest BCUT2D eigenvalue weighted by atomic mass is 9.83. The maximum atomic E-state index is 6.47. The summed E-state index contributed by atoms with van der Waals surface area (Å²) in [5, 5.41) is 8.50. The molecule has 0 N–H and O–H groups in total. The molecule has 0 fully saturated rings. The first-order valence-corrected chi connectivity index (χ1v) is 16.7. The molecule has 2 nitrogen and oxygen atoms in total. The van der Waals surface area contributed by atoms with Crippen molar-refractivity contribution >= 4 is 49.4 Å². The van der Waals surface area contributed by atoms with Crippen LogP contribution in [0.25, 0.3) is 82.7 Å². The largest absolute Gasteiger partial charge is 0.460 e. The summed E-state index contributed by atoms with van der Waals surface area (Å²) in [6.45, 7) is 0. The molecule has 1 aromatic heterocycles. The third kappa shape index (κ3) is 3.63. The highest BCUT2D eigenvalue weighted by Gasteiger charge is 2.26. The molecule has 48 heavy (non-hydrogen) atoms. The fourth-order valence-electron chi connectivity index (χ4n) is 8.41. The van der Waals surface area contributed by atoms with Crippen LogP contribution in [0.15, 0.2) is 156 Å². The van der Waals surface area contributed by atoms with Crippen LogP contribution in [0, 0.1) is 5.92 Å². The van der Waals surface area contributed by atoms with E-state index in [-0.39, 0.29) is 0 Å². The van der Waals surface area contributed by atoms with Crippen molar-refractivity contribution in [3.8, 4) is 44.9 Å². The van der Waals surface area contributed by atoms with Gasteiger partial charge in [0.2, 0.25) is 0 Å². The van der Waals surface area contributed by atoms with E-state index in [9.17, 15) is 0 Å². The van der Waals surface area contributed by atoms with E-state index in [0.29, 0.717) is 5.92 Å². The molecule has 7 aromatic carbocycles. The van der Waals surface area contributed by atoms with Crippen molar-refractivity contribution in [3.05, 3.63) is 163 Å². The molecule has 0 spiro atoms.